The number of aryl methyl sites for hydroxylation is 1. The Labute approximate surface area is 162 Å². The molecule has 0 atom stereocenters. The summed E-state index contributed by atoms with van der Waals surface area (Å²) in [5, 5.41) is 6.15. The van der Waals surface area contributed by atoms with Gasteiger partial charge in [-0.15, -0.1) is 0 Å². The Morgan fingerprint density at radius 1 is 0.750 bits per heavy atom. The SMILES string of the molecule is CCn1cc(-c2nc3c4ccccc4c4ccccc4c3[nH]2)c2ccccc21. The molecule has 28 heavy (non-hydrogen) atoms. The van der Waals surface area contributed by atoms with Crippen LogP contribution in [0.15, 0.2) is 79.0 Å². The van der Waals surface area contributed by atoms with Crippen LogP contribution in [0.5, 0.6) is 0 Å². The smallest absolute Gasteiger partial charge is 0.140 e. The number of fused-ring (bicyclic) bond motifs is 7. The predicted molar refractivity (Wildman–Crippen MR) is 118 cm³/mol. The molecule has 1 N–H and O–H groups in total. The highest BCUT2D eigenvalue weighted by Crippen LogP contribution is 2.36. The van der Waals surface area contributed by atoms with Crippen molar-refractivity contribution in [3.05, 3.63) is 79.0 Å². The maximum Gasteiger partial charge on any atom is 0.140 e. The number of aromatic nitrogens is 3. The van der Waals surface area contributed by atoms with E-state index in [1.54, 1.807) is 0 Å². The number of aromatic amines is 1. The minimum absolute atomic E-state index is 0.930. The van der Waals surface area contributed by atoms with Gasteiger partial charge in [0.25, 0.3) is 0 Å². The van der Waals surface area contributed by atoms with Crippen molar-refractivity contribution in [2.24, 2.45) is 0 Å². The molecule has 2 heterocycles. The molecule has 6 rings (SSSR count). The second-order valence-corrected chi connectivity index (χ2v) is 7.25. The average molecular weight is 361 g/mol. The van der Waals surface area contributed by atoms with E-state index in [1.807, 2.05) is 0 Å². The Morgan fingerprint density at radius 3 is 2.11 bits per heavy atom. The zero-order chi connectivity index (χ0) is 18.7. The quantitative estimate of drug-likeness (QED) is 0.350. The van der Waals surface area contributed by atoms with Crippen molar-refractivity contribution in [1.82, 2.24) is 14.5 Å². The van der Waals surface area contributed by atoms with Crippen LogP contribution in [0.3, 0.4) is 0 Å². The molecule has 0 spiro atoms. The maximum absolute atomic E-state index is 5.09. The standard InChI is InChI=1S/C25H19N3/c1-2-28-15-21(18-11-7-8-14-22(18)28)25-26-23-19-12-5-3-9-16(19)17-10-4-6-13-20(17)24(23)27-25/h3-15H,2H2,1H3,(H,26,27). The van der Waals surface area contributed by atoms with Crippen LogP contribution in [-0.4, -0.2) is 14.5 Å². The molecule has 2 aromatic heterocycles. The highest BCUT2D eigenvalue weighted by Gasteiger charge is 2.16. The van der Waals surface area contributed by atoms with Gasteiger partial charge in [-0.1, -0.05) is 66.7 Å². The summed E-state index contributed by atoms with van der Waals surface area (Å²) in [5.41, 5.74) is 4.55. The number of nitrogens with one attached hydrogen (secondary N) is 1. The van der Waals surface area contributed by atoms with Crippen LogP contribution in [0.25, 0.3) is 54.9 Å². The molecule has 0 fully saturated rings. The van der Waals surface area contributed by atoms with E-state index in [4.69, 9.17) is 4.98 Å². The summed E-state index contributed by atoms with van der Waals surface area (Å²) in [4.78, 5) is 8.74. The van der Waals surface area contributed by atoms with E-state index in [-0.39, 0.29) is 0 Å². The largest absolute Gasteiger partial charge is 0.347 e. The second kappa shape index (κ2) is 5.70. The van der Waals surface area contributed by atoms with Crippen LogP contribution in [0.1, 0.15) is 6.92 Å². The van der Waals surface area contributed by atoms with Crippen molar-refractivity contribution in [3.63, 3.8) is 0 Å². The van der Waals surface area contributed by atoms with Crippen molar-refractivity contribution in [2.45, 2.75) is 13.5 Å². The molecule has 0 aliphatic carbocycles. The summed E-state index contributed by atoms with van der Waals surface area (Å²) in [6.45, 7) is 3.11. The van der Waals surface area contributed by atoms with Gasteiger partial charge in [0, 0.05) is 40.0 Å². The Bertz CT molecular complexity index is 1430. The van der Waals surface area contributed by atoms with Gasteiger partial charge < -0.3 is 9.55 Å². The van der Waals surface area contributed by atoms with Crippen LogP contribution in [0, 0.1) is 0 Å². The molecule has 0 amide bonds. The molecule has 3 nitrogen and oxygen atoms in total. The number of rotatable bonds is 2. The number of imidazole rings is 1. The second-order valence-electron chi connectivity index (χ2n) is 7.25. The topological polar surface area (TPSA) is 33.6 Å². The fourth-order valence-electron chi connectivity index (χ4n) is 4.45. The molecule has 0 unspecified atom stereocenters. The first-order chi connectivity index (χ1) is 13.8. The molecule has 0 bridgehead atoms. The zero-order valence-electron chi connectivity index (χ0n) is 15.6. The molecular formula is C25H19N3. The number of hydrogen-bond donors (Lipinski definition) is 1. The minimum atomic E-state index is 0.930. The molecule has 0 saturated heterocycles. The number of benzene rings is 4. The summed E-state index contributed by atoms with van der Waals surface area (Å²) in [7, 11) is 0. The molecule has 3 heteroatoms. The number of H-pyrrole nitrogens is 1. The Balaban J connectivity index is 1.76. The first-order valence-corrected chi connectivity index (χ1v) is 9.72. The molecule has 0 aliphatic heterocycles. The first kappa shape index (κ1) is 15.5. The molecule has 6 aromatic rings. The molecule has 0 aliphatic rings. The summed E-state index contributed by atoms with van der Waals surface area (Å²) in [6, 6.07) is 25.7. The van der Waals surface area contributed by atoms with E-state index >= 15 is 0 Å². The van der Waals surface area contributed by atoms with Gasteiger partial charge in [0.1, 0.15) is 5.82 Å². The fourth-order valence-corrected chi connectivity index (χ4v) is 4.45. The van der Waals surface area contributed by atoms with Crippen molar-refractivity contribution in [2.75, 3.05) is 0 Å². The van der Waals surface area contributed by atoms with E-state index in [1.165, 1.54) is 32.4 Å². The van der Waals surface area contributed by atoms with Crippen molar-refractivity contribution in [3.8, 4) is 11.4 Å². The third-order valence-corrected chi connectivity index (χ3v) is 5.76. The summed E-state index contributed by atoms with van der Waals surface area (Å²) in [5.74, 6) is 0.930. The van der Waals surface area contributed by atoms with Crippen molar-refractivity contribution < 1.29 is 0 Å². The highest BCUT2D eigenvalue weighted by atomic mass is 15.0. The van der Waals surface area contributed by atoms with Crippen LogP contribution in [0.2, 0.25) is 0 Å². The van der Waals surface area contributed by atoms with Gasteiger partial charge in [0.2, 0.25) is 0 Å². The van der Waals surface area contributed by atoms with Gasteiger partial charge in [-0.25, -0.2) is 4.98 Å². The minimum Gasteiger partial charge on any atom is -0.347 e. The van der Waals surface area contributed by atoms with Crippen LogP contribution in [-0.2, 0) is 6.54 Å². The molecule has 134 valence electrons. The Kier molecular flexibility index (Phi) is 3.15. The molecule has 0 saturated carbocycles. The summed E-state index contributed by atoms with van der Waals surface area (Å²) >= 11 is 0. The van der Waals surface area contributed by atoms with Crippen molar-refractivity contribution in [1.29, 1.82) is 0 Å². The third kappa shape index (κ3) is 2.01. The lowest BCUT2D eigenvalue weighted by Crippen LogP contribution is -1.89. The normalized spacial score (nSPS) is 11.9. The average Bonchev–Trinajstić information content (AvgIpc) is 3.36. The van der Waals surface area contributed by atoms with Crippen LogP contribution < -0.4 is 0 Å². The van der Waals surface area contributed by atoms with Crippen LogP contribution >= 0.6 is 0 Å². The lowest BCUT2D eigenvalue weighted by Gasteiger charge is -2.05. The van der Waals surface area contributed by atoms with Crippen molar-refractivity contribution >= 4 is 43.5 Å². The van der Waals surface area contributed by atoms with E-state index in [2.05, 4.69) is 95.5 Å². The lowest BCUT2D eigenvalue weighted by atomic mass is 10.0. The number of para-hydroxylation sites is 1. The van der Waals surface area contributed by atoms with Gasteiger partial charge in [-0.2, -0.15) is 0 Å². The lowest BCUT2D eigenvalue weighted by molar-refractivity contribution is 0.798. The third-order valence-electron chi connectivity index (χ3n) is 5.76. The van der Waals surface area contributed by atoms with Gasteiger partial charge in [-0.3, -0.25) is 0 Å². The van der Waals surface area contributed by atoms with E-state index in [0.29, 0.717) is 0 Å². The number of nitrogens with zero attached hydrogens (tertiary/aromatic N) is 2. The summed E-state index contributed by atoms with van der Waals surface area (Å²) < 4.78 is 2.29. The van der Waals surface area contributed by atoms with Gasteiger partial charge in [-0.05, 0) is 23.8 Å². The van der Waals surface area contributed by atoms with E-state index in [0.717, 1.165) is 29.0 Å². The fraction of sp³-hybridized carbons (Fsp3) is 0.0800. The van der Waals surface area contributed by atoms with Gasteiger partial charge >= 0.3 is 0 Å². The van der Waals surface area contributed by atoms with E-state index in [9.17, 15) is 0 Å². The number of hydrogen-bond acceptors (Lipinski definition) is 1. The predicted octanol–water partition coefficient (Wildman–Crippen LogP) is 6.51. The maximum atomic E-state index is 5.09. The van der Waals surface area contributed by atoms with Gasteiger partial charge in [0.05, 0.1) is 11.0 Å². The highest BCUT2D eigenvalue weighted by molar-refractivity contribution is 6.23. The Morgan fingerprint density at radius 2 is 1.36 bits per heavy atom. The van der Waals surface area contributed by atoms with Crippen LogP contribution in [0.4, 0.5) is 0 Å². The van der Waals surface area contributed by atoms with E-state index < -0.39 is 0 Å². The molecule has 4 aromatic carbocycles. The Hall–Kier alpha value is -3.59. The first-order valence-electron chi connectivity index (χ1n) is 9.72. The van der Waals surface area contributed by atoms with Gasteiger partial charge in [0.15, 0.2) is 0 Å². The molecule has 0 radical (unpaired) electrons. The monoisotopic (exact) mass is 361 g/mol. The molecular weight excluding hydrogens is 342 g/mol. The zero-order valence-corrected chi connectivity index (χ0v) is 15.6. The summed E-state index contributed by atoms with van der Waals surface area (Å²) in [6.07, 6.45) is 2.22.